The van der Waals surface area contributed by atoms with Gasteiger partial charge < -0.3 is 14.9 Å². The maximum atomic E-state index is 9.82. The van der Waals surface area contributed by atoms with Crippen LogP contribution >= 0.6 is 0 Å². The van der Waals surface area contributed by atoms with E-state index in [1.54, 1.807) is 6.92 Å². The van der Waals surface area contributed by atoms with E-state index in [2.05, 4.69) is 23.8 Å². The molecule has 0 amide bonds. The van der Waals surface area contributed by atoms with Crippen molar-refractivity contribution in [2.75, 3.05) is 13.7 Å². The molecule has 1 rings (SSSR count). The van der Waals surface area contributed by atoms with Gasteiger partial charge in [-0.2, -0.15) is 0 Å². The lowest BCUT2D eigenvalue weighted by molar-refractivity contribution is -0.140. The maximum absolute atomic E-state index is 9.82. The summed E-state index contributed by atoms with van der Waals surface area (Å²) < 4.78 is 4.40. The van der Waals surface area contributed by atoms with Crippen molar-refractivity contribution in [3.05, 3.63) is 35.9 Å². The molecule has 2 N–H and O–H groups in total. The SMILES string of the molecule is CCOC(C)=O.CO.Cc1ccccc1.O=CO. The van der Waals surface area contributed by atoms with Crippen LogP contribution in [0.5, 0.6) is 0 Å². The molecule has 1 aromatic rings. The third kappa shape index (κ3) is 29.2. The molecule has 0 aromatic heterocycles. The Hall–Kier alpha value is -1.88. The van der Waals surface area contributed by atoms with Crippen LogP contribution in [0.15, 0.2) is 30.3 Å². The largest absolute Gasteiger partial charge is 0.483 e. The summed E-state index contributed by atoms with van der Waals surface area (Å²) in [6.45, 7) is 5.49. The molecule has 0 aliphatic carbocycles. The number of ether oxygens (including phenoxy) is 1. The van der Waals surface area contributed by atoms with Crippen molar-refractivity contribution >= 4 is 12.4 Å². The summed E-state index contributed by atoms with van der Waals surface area (Å²) in [5, 5.41) is 13.9. The number of esters is 1. The van der Waals surface area contributed by atoms with E-state index in [-0.39, 0.29) is 12.4 Å². The average molecular weight is 258 g/mol. The quantitative estimate of drug-likeness (QED) is 0.593. The minimum atomic E-state index is -0.250. The summed E-state index contributed by atoms with van der Waals surface area (Å²) in [5.74, 6) is -0.211. The first-order valence-corrected chi connectivity index (χ1v) is 5.26. The van der Waals surface area contributed by atoms with Crippen molar-refractivity contribution in [2.24, 2.45) is 0 Å². The molecule has 1 aromatic carbocycles. The number of carboxylic acid groups (broad SMARTS) is 1. The standard InChI is InChI=1S/C7H8.C4H8O2.CH2O2.CH4O/c1-7-5-3-2-4-6-7;1-3-6-4(2)5;2-1-3;1-2/h2-6H,1H3;3H2,1-2H3;1H,(H,2,3);2H,1H3. The van der Waals surface area contributed by atoms with Gasteiger partial charge in [0.25, 0.3) is 6.47 Å². The molecule has 0 atom stereocenters. The van der Waals surface area contributed by atoms with Crippen molar-refractivity contribution < 1.29 is 24.5 Å². The Bertz CT molecular complexity index is 272. The minimum Gasteiger partial charge on any atom is -0.483 e. The Morgan fingerprint density at radius 3 is 1.78 bits per heavy atom. The van der Waals surface area contributed by atoms with Crippen molar-refractivity contribution in [2.45, 2.75) is 20.8 Å². The zero-order chi connectivity index (χ0) is 14.8. The second-order valence-corrected chi connectivity index (χ2v) is 2.68. The summed E-state index contributed by atoms with van der Waals surface area (Å²) in [6.07, 6.45) is 0. The number of hydrogen-bond donors (Lipinski definition) is 2. The van der Waals surface area contributed by atoms with Crippen LogP contribution < -0.4 is 0 Å². The highest BCUT2D eigenvalue weighted by Gasteiger charge is 1.81. The van der Waals surface area contributed by atoms with E-state index in [1.165, 1.54) is 12.5 Å². The van der Waals surface area contributed by atoms with Gasteiger partial charge in [-0.1, -0.05) is 35.9 Å². The Balaban J connectivity index is -0.000000187. The summed E-state index contributed by atoms with van der Waals surface area (Å²) >= 11 is 0. The van der Waals surface area contributed by atoms with Crippen LogP contribution in [0, 0.1) is 6.92 Å². The molecule has 0 heterocycles. The smallest absolute Gasteiger partial charge is 0.302 e. The minimum absolute atomic E-state index is 0.211. The second-order valence-electron chi connectivity index (χ2n) is 2.68. The summed E-state index contributed by atoms with van der Waals surface area (Å²) in [7, 11) is 1.00. The number of benzene rings is 1. The van der Waals surface area contributed by atoms with Crippen molar-refractivity contribution in [3.63, 3.8) is 0 Å². The van der Waals surface area contributed by atoms with Crippen LogP contribution in [0.1, 0.15) is 19.4 Å². The van der Waals surface area contributed by atoms with E-state index >= 15 is 0 Å². The van der Waals surface area contributed by atoms with Crippen LogP contribution in [0.3, 0.4) is 0 Å². The Morgan fingerprint density at radius 1 is 1.28 bits per heavy atom. The van der Waals surface area contributed by atoms with Gasteiger partial charge in [0.15, 0.2) is 0 Å². The van der Waals surface area contributed by atoms with Crippen molar-refractivity contribution in [1.82, 2.24) is 0 Å². The van der Waals surface area contributed by atoms with Crippen LogP contribution in [-0.2, 0) is 14.3 Å². The van der Waals surface area contributed by atoms with Gasteiger partial charge in [-0.15, -0.1) is 0 Å². The summed E-state index contributed by atoms with van der Waals surface area (Å²) in [4.78, 5) is 18.2. The number of hydrogen-bond acceptors (Lipinski definition) is 4. The first-order valence-electron chi connectivity index (χ1n) is 5.26. The highest BCUT2D eigenvalue weighted by molar-refractivity contribution is 5.65. The fraction of sp³-hybridized carbons (Fsp3) is 0.385. The molecule has 18 heavy (non-hydrogen) atoms. The van der Waals surface area contributed by atoms with Gasteiger partial charge in [0.05, 0.1) is 6.61 Å². The first-order chi connectivity index (χ1) is 8.58. The van der Waals surface area contributed by atoms with Crippen molar-refractivity contribution in [1.29, 1.82) is 0 Å². The Kier molecular flexibility index (Phi) is 24.4. The van der Waals surface area contributed by atoms with Crippen LogP contribution in [-0.4, -0.2) is 36.4 Å². The van der Waals surface area contributed by atoms with E-state index in [9.17, 15) is 4.79 Å². The van der Waals surface area contributed by atoms with Crippen LogP contribution in [0.2, 0.25) is 0 Å². The average Bonchev–Trinajstić information content (AvgIpc) is 2.34. The molecular formula is C13H22O5. The zero-order valence-electron chi connectivity index (χ0n) is 11.3. The van der Waals surface area contributed by atoms with E-state index in [0.717, 1.165) is 7.11 Å². The van der Waals surface area contributed by atoms with Crippen LogP contribution in [0.4, 0.5) is 0 Å². The molecule has 0 radical (unpaired) electrons. The second kappa shape index (κ2) is 20.5. The first kappa shape index (κ1) is 21.4. The molecule has 104 valence electrons. The molecule has 0 saturated heterocycles. The van der Waals surface area contributed by atoms with E-state index < -0.39 is 0 Å². The third-order valence-electron chi connectivity index (χ3n) is 1.29. The van der Waals surface area contributed by atoms with E-state index in [1.807, 2.05) is 18.2 Å². The Labute approximate surface area is 108 Å². The highest BCUT2D eigenvalue weighted by atomic mass is 16.5. The third-order valence-corrected chi connectivity index (χ3v) is 1.29. The molecule has 0 saturated carbocycles. The number of rotatable bonds is 1. The topological polar surface area (TPSA) is 83.8 Å². The number of carbonyl (C=O) groups excluding carboxylic acids is 1. The molecule has 0 spiro atoms. The monoisotopic (exact) mass is 258 g/mol. The molecule has 0 unspecified atom stereocenters. The maximum Gasteiger partial charge on any atom is 0.302 e. The summed E-state index contributed by atoms with van der Waals surface area (Å²) in [6, 6.07) is 10.3. The normalized spacial score (nSPS) is 6.94. The highest BCUT2D eigenvalue weighted by Crippen LogP contribution is 1.92. The molecule has 0 aliphatic rings. The van der Waals surface area contributed by atoms with E-state index in [0.29, 0.717) is 6.61 Å². The molecule has 0 aliphatic heterocycles. The number of carbonyl (C=O) groups is 2. The number of aliphatic hydroxyl groups excluding tert-OH is 1. The van der Waals surface area contributed by atoms with Gasteiger partial charge in [-0.25, -0.2) is 0 Å². The molecule has 5 heteroatoms. The van der Waals surface area contributed by atoms with Gasteiger partial charge >= 0.3 is 5.97 Å². The fourth-order valence-electron chi connectivity index (χ4n) is 0.738. The van der Waals surface area contributed by atoms with Gasteiger partial charge in [0.1, 0.15) is 0 Å². The molecule has 0 fully saturated rings. The van der Waals surface area contributed by atoms with Gasteiger partial charge in [0, 0.05) is 14.0 Å². The predicted octanol–water partition coefficient (Wildman–Crippen LogP) is 1.87. The number of aliphatic hydroxyl groups is 1. The lowest BCUT2D eigenvalue weighted by Gasteiger charge is -1.89. The summed E-state index contributed by atoms with van der Waals surface area (Å²) in [5.41, 5.74) is 1.32. The fourth-order valence-corrected chi connectivity index (χ4v) is 0.738. The lowest BCUT2D eigenvalue weighted by atomic mass is 10.2. The van der Waals surface area contributed by atoms with E-state index in [4.69, 9.17) is 15.0 Å². The predicted molar refractivity (Wildman–Crippen MR) is 70.3 cm³/mol. The Morgan fingerprint density at radius 2 is 1.67 bits per heavy atom. The molecular weight excluding hydrogens is 236 g/mol. The lowest BCUT2D eigenvalue weighted by Crippen LogP contribution is -1.95. The van der Waals surface area contributed by atoms with Crippen molar-refractivity contribution in [3.8, 4) is 0 Å². The van der Waals surface area contributed by atoms with Gasteiger partial charge in [-0.3, -0.25) is 9.59 Å². The molecule has 0 bridgehead atoms. The van der Waals surface area contributed by atoms with Gasteiger partial charge in [0.2, 0.25) is 0 Å². The van der Waals surface area contributed by atoms with Gasteiger partial charge in [-0.05, 0) is 13.8 Å². The van der Waals surface area contributed by atoms with Crippen LogP contribution in [0.25, 0.3) is 0 Å². The molecule has 5 nitrogen and oxygen atoms in total. The zero-order valence-corrected chi connectivity index (χ0v) is 11.3. The number of aryl methyl sites for hydroxylation is 1.